The number of phosphoric ester groups is 1. The van der Waals surface area contributed by atoms with Crippen LogP contribution < -0.4 is 4.89 Å². The molecule has 0 aromatic rings. The van der Waals surface area contributed by atoms with Crippen LogP contribution in [0.1, 0.15) is 245 Å². The molecular weight excluding hydrogens is 734 g/mol. The van der Waals surface area contributed by atoms with Crippen LogP contribution in [0.15, 0.2) is 0 Å². The second kappa shape index (κ2) is 42.2. The Morgan fingerprint density at radius 1 is 0.474 bits per heavy atom. The molecule has 0 aromatic carbocycles. The summed E-state index contributed by atoms with van der Waals surface area (Å²) in [5.41, 5.74) is 0. The summed E-state index contributed by atoms with van der Waals surface area (Å²) in [6, 6.07) is 0. The van der Waals surface area contributed by atoms with Gasteiger partial charge in [-0.1, -0.05) is 226 Å². The first-order valence-corrected chi connectivity index (χ1v) is 26.2. The highest BCUT2D eigenvalue weighted by Gasteiger charge is 2.20. The van der Waals surface area contributed by atoms with Crippen LogP contribution in [0.5, 0.6) is 0 Å². The van der Waals surface area contributed by atoms with Gasteiger partial charge in [0.15, 0.2) is 0 Å². The number of ether oxygens (including phenoxy) is 2. The van der Waals surface area contributed by atoms with E-state index in [4.69, 9.17) is 18.5 Å². The predicted octanol–water partition coefficient (Wildman–Crippen LogP) is 14.2. The molecule has 0 N–H and O–H groups in total. The van der Waals surface area contributed by atoms with Crippen LogP contribution >= 0.6 is 7.82 Å². The van der Waals surface area contributed by atoms with Gasteiger partial charge < -0.3 is 27.9 Å². The molecule has 57 heavy (non-hydrogen) atoms. The first-order chi connectivity index (χ1) is 27.6. The third kappa shape index (κ3) is 46.4. The first kappa shape index (κ1) is 56.5. The van der Waals surface area contributed by atoms with E-state index in [0.717, 1.165) is 32.1 Å². The van der Waals surface area contributed by atoms with Gasteiger partial charge in [0.1, 0.15) is 19.3 Å². The Hall–Kier alpha value is -0.500. The summed E-state index contributed by atoms with van der Waals surface area (Å²) in [6.45, 7) is 5.48. The van der Waals surface area contributed by atoms with Crippen LogP contribution in [0.2, 0.25) is 0 Å². The molecule has 0 aliphatic carbocycles. The number of hydrogen-bond acceptors (Lipinski definition) is 7. The summed E-state index contributed by atoms with van der Waals surface area (Å²) in [6.07, 6.45) is 45.5. The number of nitrogens with zero attached hydrogens (tertiary/aromatic N) is 1. The van der Waals surface area contributed by atoms with Gasteiger partial charge in [-0.25, -0.2) is 0 Å². The van der Waals surface area contributed by atoms with E-state index in [1.807, 2.05) is 21.1 Å². The summed E-state index contributed by atoms with van der Waals surface area (Å²) in [5, 5.41) is 0. The minimum atomic E-state index is -4.52. The highest BCUT2D eigenvalue weighted by Crippen LogP contribution is 2.38. The average Bonchev–Trinajstić information content (AvgIpc) is 3.16. The van der Waals surface area contributed by atoms with E-state index in [-0.39, 0.29) is 25.8 Å². The van der Waals surface area contributed by atoms with Gasteiger partial charge in [0.2, 0.25) is 0 Å². The molecule has 0 aliphatic rings. The maximum Gasteiger partial charge on any atom is 0.306 e. The molecule has 0 saturated heterocycles. The third-order valence-corrected chi connectivity index (χ3v) is 12.1. The van der Waals surface area contributed by atoms with Crippen molar-refractivity contribution >= 4 is 13.8 Å². The Balaban J connectivity index is 4.03. The largest absolute Gasteiger partial charge is 0.756 e. The van der Waals surface area contributed by atoms with Crippen molar-refractivity contribution in [2.24, 2.45) is 0 Å². The monoisotopic (exact) mass is 832 g/mol. The molecule has 2 atom stereocenters. The van der Waals surface area contributed by atoms with E-state index in [2.05, 4.69) is 13.8 Å². The lowest BCUT2D eigenvalue weighted by Gasteiger charge is -2.28. The highest BCUT2D eigenvalue weighted by molar-refractivity contribution is 7.45. The van der Waals surface area contributed by atoms with Crippen molar-refractivity contribution in [1.82, 2.24) is 0 Å². The maximum absolute atomic E-state index is 12.7. The summed E-state index contributed by atoms with van der Waals surface area (Å²) in [5.74, 6) is -0.326. The topological polar surface area (TPSA) is 94.1 Å². The van der Waals surface area contributed by atoms with Gasteiger partial charge in [0.25, 0.3) is 7.82 Å². The summed E-state index contributed by atoms with van der Waals surface area (Å²) in [4.78, 5) is 25.1. The van der Waals surface area contributed by atoms with E-state index in [0.29, 0.717) is 24.1 Å². The molecular formula is C48H98NO7P. The van der Waals surface area contributed by atoms with Crippen molar-refractivity contribution < 1.29 is 37.3 Å². The van der Waals surface area contributed by atoms with E-state index in [1.54, 1.807) is 0 Å². The van der Waals surface area contributed by atoms with Gasteiger partial charge in [-0.2, -0.15) is 0 Å². The van der Waals surface area contributed by atoms with Crippen LogP contribution in [-0.2, 0) is 27.9 Å². The molecule has 0 rings (SSSR count). The summed E-state index contributed by atoms with van der Waals surface area (Å²) in [7, 11) is 1.38. The predicted molar refractivity (Wildman–Crippen MR) is 241 cm³/mol. The maximum atomic E-state index is 12.7. The van der Waals surface area contributed by atoms with Gasteiger partial charge in [-0.15, -0.1) is 0 Å². The van der Waals surface area contributed by atoms with Gasteiger partial charge in [-0.3, -0.25) is 9.36 Å². The van der Waals surface area contributed by atoms with Crippen molar-refractivity contribution in [3.63, 3.8) is 0 Å². The third-order valence-electron chi connectivity index (χ3n) is 11.2. The molecule has 0 radical (unpaired) electrons. The fourth-order valence-corrected chi connectivity index (χ4v) is 8.04. The quantitative estimate of drug-likeness (QED) is 0.0261. The Morgan fingerprint density at radius 2 is 0.807 bits per heavy atom. The fourth-order valence-electron chi connectivity index (χ4n) is 7.31. The highest BCUT2D eigenvalue weighted by atomic mass is 31.2. The first-order valence-electron chi connectivity index (χ1n) is 24.8. The van der Waals surface area contributed by atoms with Crippen molar-refractivity contribution in [2.75, 3.05) is 54.1 Å². The van der Waals surface area contributed by atoms with Crippen LogP contribution in [-0.4, -0.2) is 70.7 Å². The molecule has 9 heteroatoms. The lowest BCUT2D eigenvalue weighted by molar-refractivity contribution is -0.870. The Bertz CT molecular complexity index is 883. The molecule has 0 amide bonds. The second-order valence-electron chi connectivity index (χ2n) is 18.2. The minimum absolute atomic E-state index is 0.0315. The smallest absolute Gasteiger partial charge is 0.306 e. The van der Waals surface area contributed by atoms with Crippen molar-refractivity contribution in [3.8, 4) is 0 Å². The molecule has 0 spiro atoms. The van der Waals surface area contributed by atoms with E-state index < -0.39 is 13.9 Å². The van der Waals surface area contributed by atoms with Crippen LogP contribution in [0.25, 0.3) is 0 Å². The number of quaternary nitrogens is 1. The van der Waals surface area contributed by atoms with Crippen LogP contribution in [0.3, 0.4) is 0 Å². The lowest BCUT2D eigenvalue weighted by Crippen LogP contribution is -2.37. The van der Waals surface area contributed by atoms with Gasteiger partial charge >= 0.3 is 5.97 Å². The molecule has 342 valence electrons. The number of unbranched alkanes of at least 4 members (excludes halogenated alkanes) is 33. The SMILES string of the molecule is CCCCCCCCCCCCCCCCCCCCCCCCCC(=O)O[C@H](COCCCCCCCCCCCCCC)COP(=O)([O-])OCC[N+](C)(C)C. The fraction of sp³-hybridized carbons (Fsp3) is 0.979. The number of likely N-dealkylation sites (N-methyl/N-ethyl adjacent to an activating group) is 1. The lowest BCUT2D eigenvalue weighted by atomic mass is 10.0. The number of carbonyl (C=O) groups excluding carboxylic acids is 1. The standard InChI is InChI=1S/C48H98NO7P/c1-6-8-10-12-14-16-18-20-21-22-23-24-25-26-27-28-29-30-31-33-35-37-39-41-48(50)56-47(46-55-57(51,52)54-44-42-49(3,4)5)45-53-43-40-38-36-34-32-19-17-15-13-11-9-7-2/h47H,6-46H2,1-5H3/t47-/m1/s1. The molecule has 0 aromatic heterocycles. The Kier molecular flexibility index (Phi) is 41.8. The Morgan fingerprint density at radius 3 is 1.16 bits per heavy atom. The summed E-state index contributed by atoms with van der Waals surface area (Å²) < 4.78 is 34.7. The van der Waals surface area contributed by atoms with Gasteiger partial charge in [0, 0.05) is 13.0 Å². The molecule has 0 bridgehead atoms. The zero-order valence-electron chi connectivity index (χ0n) is 38.8. The van der Waals surface area contributed by atoms with Gasteiger partial charge in [0.05, 0.1) is 34.4 Å². The number of hydrogen-bond donors (Lipinski definition) is 0. The minimum Gasteiger partial charge on any atom is -0.756 e. The molecule has 0 heterocycles. The normalized spacial score (nSPS) is 13.6. The Labute approximate surface area is 355 Å². The molecule has 0 aliphatic heterocycles. The van der Waals surface area contributed by atoms with Crippen molar-refractivity contribution in [2.45, 2.75) is 251 Å². The van der Waals surface area contributed by atoms with E-state index in [9.17, 15) is 14.3 Å². The van der Waals surface area contributed by atoms with E-state index in [1.165, 1.54) is 193 Å². The number of rotatable bonds is 47. The van der Waals surface area contributed by atoms with Crippen LogP contribution in [0.4, 0.5) is 0 Å². The van der Waals surface area contributed by atoms with Crippen molar-refractivity contribution in [3.05, 3.63) is 0 Å². The molecule has 0 fully saturated rings. The molecule has 0 saturated carbocycles. The number of esters is 1. The zero-order chi connectivity index (χ0) is 42.0. The number of carbonyl (C=O) groups is 1. The van der Waals surface area contributed by atoms with E-state index >= 15 is 0 Å². The molecule has 1 unspecified atom stereocenters. The average molecular weight is 832 g/mol. The molecule has 8 nitrogen and oxygen atoms in total. The number of phosphoric acid groups is 1. The van der Waals surface area contributed by atoms with Crippen LogP contribution in [0, 0.1) is 0 Å². The second-order valence-corrected chi connectivity index (χ2v) is 19.6. The zero-order valence-corrected chi connectivity index (χ0v) is 39.7. The van der Waals surface area contributed by atoms with Crippen molar-refractivity contribution in [1.29, 1.82) is 0 Å². The summed E-state index contributed by atoms with van der Waals surface area (Å²) >= 11 is 0. The van der Waals surface area contributed by atoms with Gasteiger partial charge in [-0.05, 0) is 12.8 Å².